The fraction of sp³-hybridized carbons (Fsp3) is 0.571. The van der Waals surface area contributed by atoms with Crippen molar-refractivity contribution in [2.45, 2.75) is 32.7 Å². The molecule has 1 aliphatic rings. The number of halogens is 1. The summed E-state index contributed by atoms with van der Waals surface area (Å²) in [5.41, 5.74) is 1.17. The molecule has 5 nitrogen and oxygen atoms in total. The van der Waals surface area contributed by atoms with Crippen LogP contribution in [0.4, 0.5) is 5.95 Å². The van der Waals surface area contributed by atoms with Gasteiger partial charge < -0.3 is 10.6 Å². The molecule has 1 fully saturated rings. The summed E-state index contributed by atoms with van der Waals surface area (Å²) in [5.74, 6) is 0.686. The van der Waals surface area contributed by atoms with Crippen LogP contribution in [0.15, 0.2) is 22.8 Å². The van der Waals surface area contributed by atoms with Gasteiger partial charge in [-0.25, -0.2) is 4.52 Å². The van der Waals surface area contributed by atoms with Gasteiger partial charge in [-0.2, -0.15) is 4.98 Å². The molecule has 3 rings (SSSR count). The number of aromatic nitrogens is 3. The van der Waals surface area contributed by atoms with E-state index in [0.29, 0.717) is 17.4 Å². The highest BCUT2D eigenvalue weighted by atomic mass is 79.9. The quantitative estimate of drug-likeness (QED) is 0.904. The number of hydrogen-bond acceptors (Lipinski definition) is 4. The van der Waals surface area contributed by atoms with Gasteiger partial charge in [-0.3, -0.25) is 0 Å². The monoisotopic (exact) mass is 337 g/mol. The van der Waals surface area contributed by atoms with Crippen molar-refractivity contribution >= 4 is 27.5 Å². The van der Waals surface area contributed by atoms with E-state index in [1.165, 1.54) is 12.8 Å². The molecule has 0 saturated carbocycles. The van der Waals surface area contributed by atoms with E-state index >= 15 is 0 Å². The highest BCUT2D eigenvalue weighted by Crippen LogP contribution is 2.30. The highest BCUT2D eigenvalue weighted by Gasteiger charge is 2.31. The third kappa shape index (κ3) is 2.81. The lowest BCUT2D eigenvalue weighted by Crippen LogP contribution is -2.50. The lowest BCUT2D eigenvalue weighted by Gasteiger charge is -2.39. The molecular weight excluding hydrogens is 318 g/mol. The molecule has 108 valence electrons. The SMILES string of the molecule is CC1(C)CCCNC1CNc1nc2ccc(Br)cn2n1. The molecule has 6 heteroatoms. The minimum atomic E-state index is 0.313. The maximum absolute atomic E-state index is 4.48. The van der Waals surface area contributed by atoms with E-state index in [-0.39, 0.29) is 0 Å². The molecule has 1 atom stereocenters. The normalized spacial score (nSPS) is 22.1. The van der Waals surface area contributed by atoms with E-state index in [9.17, 15) is 0 Å². The average Bonchev–Trinajstić information content (AvgIpc) is 2.79. The van der Waals surface area contributed by atoms with Crippen LogP contribution in [-0.4, -0.2) is 33.7 Å². The number of pyridine rings is 1. The first-order chi connectivity index (χ1) is 9.54. The van der Waals surface area contributed by atoms with Crippen molar-refractivity contribution in [1.29, 1.82) is 0 Å². The molecule has 2 aromatic heterocycles. The van der Waals surface area contributed by atoms with E-state index in [4.69, 9.17) is 0 Å². The molecule has 2 N–H and O–H groups in total. The second kappa shape index (κ2) is 5.33. The summed E-state index contributed by atoms with van der Waals surface area (Å²) in [6, 6.07) is 4.37. The third-order valence-electron chi connectivity index (χ3n) is 4.09. The van der Waals surface area contributed by atoms with E-state index in [0.717, 1.165) is 23.2 Å². The van der Waals surface area contributed by atoms with E-state index in [1.807, 2.05) is 18.3 Å². The number of hydrogen-bond donors (Lipinski definition) is 2. The Kier molecular flexibility index (Phi) is 3.69. The smallest absolute Gasteiger partial charge is 0.243 e. The first kappa shape index (κ1) is 13.8. The van der Waals surface area contributed by atoms with Crippen molar-refractivity contribution < 1.29 is 0 Å². The molecule has 0 aliphatic carbocycles. The molecule has 0 radical (unpaired) electrons. The number of fused-ring (bicyclic) bond motifs is 1. The average molecular weight is 338 g/mol. The van der Waals surface area contributed by atoms with Crippen LogP contribution >= 0.6 is 15.9 Å². The fourth-order valence-corrected chi connectivity index (χ4v) is 3.07. The minimum Gasteiger partial charge on any atom is -0.351 e. The first-order valence-corrected chi connectivity index (χ1v) is 7.83. The Morgan fingerprint density at radius 1 is 1.50 bits per heavy atom. The first-order valence-electron chi connectivity index (χ1n) is 7.04. The number of anilines is 1. The van der Waals surface area contributed by atoms with Crippen LogP contribution in [0.1, 0.15) is 26.7 Å². The Bertz CT molecular complexity index is 607. The molecular formula is C14H20BrN5. The van der Waals surface area contributed by atoms with E-state index in [1.54, 1.807) is 4.52 Å². The Morgan fingerprint density at radius 3 is 3.15 bits per heavy atom. The highest BCUT2D eigenvalue weighted by molar-refractivity contribution is 9.10. The van der Waals surface area contributed by atoms with Crippen LogP contribution in [0.25, 0.3) is 5.65 Å². The zero-order valence-corrected chi connectivity index (χ0v) is 13.4. The number of nitrogens with zero attached hydrogens (tertiary/aromatic N) is 3. The second-order valence-electron chi connectivity index (χ2n) is 6.07. The molecule has 0 spiro atoms. The van der Waals surface area contributed by atoms with Crippen molar-refractivity contribution in [3.8, 4) is 0 Å². The maximum Gasteiger partial charge on any atom is 0.243 e. The lowest BCUT2D eigenvalue weighted by molar-refractivity contribution is 0.188. The third-order valence-corrected chi connectivity index (χ3v) is 4.56. The van der Waals surface area contributed by atoms with Gasteiger partial charge in [0.2, 0.25) is 5.95 Å². The van der Waals surface area contributed by atoms with Crippen molar-refractivity contribution in [3.63, 3.8) is 0 Å². The van der Waals surface area contributed by atoms with Crippen molar-refractivity contribution in [2.75, 3.05) is 18.4 Å². The number of nitrogens with one attached hydrogen (secondary N) is 2. The maximum atomic E-state index is 4.48. The molecule has 20 heavy (non-hydrogen) atoms. The topological polar surface area (TPSA) is 54.2 Å². The summed E-state index contributed by atoms with van der Waals surface area (Å²) >= 11 is 3.44. The van der Waals surface area contributed by atoms with Gasteiger partial charge in [0.1, 0.15) is 0 Å². The van der Waals surface area contributed by atoms with Crippen LogP contribution in [-0.2, 0) is 0 Å². The van der Waals surface area contributed by atoms with Gasteiger partial charge in [0.25, 0.3) is 0 Å². The predicted molar refractivity (Wildman–Crippen MR) is 84.0 cm³/mol. The largest absolute Gasteiger partial charge is 0.351 e. The van der Waals surface area contributed by atoms with Crippen LogP contribution in [0.2, 0.25) is 0 Å². The summed E-state index contributed by atoms with van der Waals surface area (Å²) in [6.07, 6.45) is 4.43. The van der Waals surface area contributed by atoms with Crippen LogP contribution in [0.5, 0.6) is 0 Å². The molecule has 1 aliphatic heterocycles. The number of rotatable bonds is 3. The summed E-state index contributed by atoms with van der Waals surface area (Å²) in [5, 5.41) is 11.4. The summed E-state index contributed by atoms with van der Waals surface area (Å²) in [7, 11) is 0. The van der Waals surface area contributed by atoms with Crippen molar-refractivity contribution in [3.05, 3.63) is 22.8 Å². The second-order valence-corrected chi connectivity index (χ2v) is 6.98. The number of piperidine rings is 1. The molecule has 1 saturated heterocycles. The molecule has 2 aromatic rings. The Labute approximate surface area is 127 Å². The molecule has 0 bridgehead atoms. The molecule has 0 aromatic carbocycles. The Hall–Kier alpha value is -1.14. The minimum absolute atomic E-state index is 0.313. The van der Waals surface area contributed by atoms with Gasteiger partial charge in [-0.1, -0.05) is 13.8 Å². The van der Waals surface area contributed by atoms with Crippen molar-refractivity contribution in [1.82, 2.24) is 19.9 Å². The Balaban J connectivity index is 1.70. The van der Waals surface area contributed by atoms with Crippen LogP contribution < -0.4 is 10.6 Å². The van der Waals surface area contributed by atoms with Gasteiger partial charge in [0.15, 0.2) is 5.65 Å². The summed E-state index contributed by atoms with van der Waals surface area (Å²) < 4.78 is 2.78. The van der Waals surface area contributed by atoms with Gasteiger partial charge >= 0.3 is 0 Å². The summed E-state index contributed by atoms with van der Waals surface area (Å²) in [4.78, 5) is 4.48. The molecule has 1 unspecified atom stereocenters. The zero-order valence-electron chi connectivity index (χ0n) is 11.9. The lowest BCUT2D eigenvalue weighted by atomic mass is 9.77. The zero-order chi connectivity index (χ0) is 14.2. The van der Waals surface area contributed by atoms with Gasteiger partial charge in [0, 0.05) is 23.3 Å². The Morgan fingerprint density at radius 2 is 2.35 bits per heavy atom. The van der Waals surface area contributed by atoms with Gasteiger partial charge in [0.05, 0.1) is 0 Å². The van der Waals surface area contributed by atoms with Gasteiger partial charge in [-0.05, 0) is 52.9 Å². The predicted octanol–water partition coefficient (Wildman–Crippen LogP) is 2.68. The van der Waals surface area contributed by atoms with E-state index < -0.39 is 0 Å². The van der Waals surface area contributed by atoms with E-state index in [2.05, 4.69) is 50.5 Å². The van der Waals surface area contributed by atoms with Crippen molar-refractivity contribution in [2.24, 2.45) is 5.41 Å². The van der Waals surface area contributed by atoms with Crippen LogP contribution in [0, 0.1) is 5.41 Å². The molecule has 0 amide bonds. The molecule has 3 heterocycles. The summed E-state index contributed by atoms with van der Waals surface area (Å²) in [6.45, 7) is 6.59. The standard InChI is InChI=1S/C14H20BrN5/c1-14(2)6-3-7-16-11(14)8-17-13-18-12-5-4-10(15)9-20(12)19-13/h4-5,9,11,16H,3,6-8H2,1-2H3,(H,17,19). The van der Waals surface area contributed by atoms with Crippen LogP contribution in [0.3, 0.4) is 0 Å². The van der Waals surface area contributed by atoms with Gasteiger partial charge in [-0.15, -0.1) is 5.10 Å². The fourth-order valence-electron chi connectivity index (χ4n) is 2.75.